The minimum atomic E-state index is 0.730. The van der Waals surface area contributed by atoms with Crippen molar-refractivity contribution in [2.24, 2.45) is 0 Å². The van der Waals surface area contributed by atoms with E-state index in [0.29, 0.717) is 0 Å². The van der Waals surface area contributed by atoms with E-state index in [0.717, 1.165) is 23.9 Å². The lowest BCUT2D eigenvalue weighted by atomic mass is 9.87. The van der Waals surface area contributed by atoms with E-state index in [1.807, 2.05) is 11.8 Å². The molecular formula is C12H16N2S. The summed E-state index contributed by atoms with van der Waals surface area (Å²) in [6, 6.07) is 4.33. The molecule has 0 radical (unpaired) electrons. The number of nitrogens with two attached hydrogens (primary N) is 1. The summed E-state index contributed by atoms with van der Waals surface area (Å²) >= 11 is 2.04. The molecule has 1 atom stereocenters. The average Bonchev–Trinajstić information content (AvgIpc) is 2.16. The molecule has 2 N–H and O–H groups in total. The summed E-state index contributed by atoms with van der Waals surface area (Å²) in [4.78, 5) is 2.40. The molecule has 2 nitrogen and oxygen atoms in total. The fraction of sp³-hybridized carbons (Fsp3) is 0.500. The first kappa shape index (κ1) is 9.55. The van der Waals surface area contributed by atoms with Gasteiger partial charge in [-0.1, -0.05) is 0 Å². The highest BCUT2D eigenvalue weighted by atomic mass is 32.2. The van der Waals surface area contributed by atoms with Gasteiger partial charge in [0.25, 0.3) is 0 Å². The number of hydrogen-bond acceptors (Lipinski definition) is 3. The lowest BCUT2D eigenvalue weighted by molar-refractivity contribution is 0.288. The Morgan fingerprint density at radius 2 is 2.20 bits per heavy atom. The van der Waals surface area contributed by atoms with Crippen LogP contribution in [0.5, 0.6) is 0 Å². The molecule has 1 aromatic carbocycles. The zero-order valence-electron chi connectivity index (χ0n) is 8.99. The zero-order valence-corrected chi connectivity index (χ0v) is 9.81. The SMILES string of the molecule is CN1Cc2cc(N)cc3c2C(CSC3)C1. The highest BCUT2D eigenvalue weighted by molar-refractivity contribution is 7.98. The molecule has 15 heavy (non-hydrogen) atoms. The van der Waals surface area contributed by atoms with Crippen molar-refractivity contribution in [2.45, 2.75) is 18.2 Å². The number of nitrogens with zero attached hydrogens (tertiary/aromatic N) is 1. The Balaban J connectivity index is 2.16. The molecule has 1 unspecified atom stereocenters. The van der Waals surface area contributed by atoms with Crippen LogP contribution in [-0.4, -0.2) is 24.2 Å². The molecular weight excluding hydrogens is 204 g/mol. The molecule has 0 saturated carbocycles. The smallest absolute Gasteiger partial charge is 0.0320 e. The minimum absolute atomic E-state index is 0.730. The molecule has 2 aliphatic rings. The third kappa shape index (κ3) is 1.54. The number of hydrogen-bond donors (Lipinski definition) is 1. The van der Waals surface area contributed by atoms with Gasteiger partial charge in [-0.2, -0.15) is 11.8 Å². The van der Waals surface area contributed by atoms with E-state index in [9.17, 15) is 0 Å². The molecule has 0 fully saturated rings. The number of rotatable bonds is 0. The first-order valence-corrected chi connectivity index (χ1v) is 6.57. The van der Waals surface area contributed by atoms with Crippen molar-refractivity contribution in [2.75, 3.05) is 25.1 Å². The van der Waals surface area contributed by atoms with Gasteiger partial charge in [0.2, 0.25) is 0 Å². The Kier molecular flexibility index (Phi) is 2.18. The topological polar surface area (TPSA) is 29.3 Å². The van der Waals surface area contributed by atoms with Gasteiger partial charge in [0.1, 0.15) is 0 Å². The van der Waals surface area contributed by atoms with Crippen LogP contribution in [0.1, 0.15) is 22.6 Å². The van der Waals surface area contributed by atoms with Crippen LogP contribution < -0.4 is 5.73 Å². The monoisotopic (exact) mass is 220 g/mol. The van der Waals surface area contributed by atoms with Crippen LogP contribution in [0.2, 0.25) is 0 Å². The molecule has 0 aromatic heterocycles. The predicted molar refractivity (Wildman–Crippen MR) is 66.1 cm³/mol. The summed E-state index contributed by atoms with van der Waals surface area (Å²) < 4.78 is 0. The summed E-state index contributed by atoms with van der Waals surface area (Å²) in [6.07, 6.45) is 0. The van der Waals surface area contributed by atoms with E-state index in [-0.39, 0.29) is 0 Å². The van der Waals surface area contributed by atoms with Crippen LogP contribution in [0.25, 0.3) is 0 Å². The first-order valence-electron chi connectivity index (χ1n) is 5.41. The molecule has 0 amide bonds. The maximum Gasteiger partial charge on any atom is 0.0320 e. The van der Waals surface area contributed by atoms with Gasteiger partial charge in [0.05, 0.1) is 0 Å². The Labute approximate surface area is 94.8 Å². The van der Waals surface area contributed by atoms with Crippen LogP contribution in [0, 0.1) is 0 Å². The highest BCUT2D eigenvalue weighted by Crippen LogP contribution is 2.40. The largest absolute Gasteiger partial charge is 0.399 e. The van der Waals surface area contributed by atoms with Crippen LogP contribution in [-0.2, 0) is 12.3 Å². The van der Waals surface area contributed by atoms with Gasteiger partial charge in [0, 0.05) is 36.2 Å². The Hall–Kier alpha value is -0.670. The van der Waals surface area contributed by atoms with Crippen LogP contribution in [0.3, 0.4) is 0 Å². The van der Waals surface area contributed by atoms with Crippen molar-refractivity contribution in [3.05, 3.63) is 28.8 Å². The standard InChI is InChI=1S/C12H16N2S/c1-14-4-8-2-11(13)3-9-6-15-7-10(5-14)12(8)9/h2-3,10H,4-7,13H2,1H3. The van der Waals surface area contributed by atoms with Gasteiger partial charge in [-0.3, -0.25) is 0 Å². The van der Waals surface area contributed by atoms with Gasteiger partial charge in [0.15, 0.2) is 0 Å². The molecule has 3 heteroatoms. The van der Waals surface area contributed by atoms with E-state index < -0.39 is 0 Å². The number of benzene rings is 1. The molecule has 80 valence electrons. The molecule has 0 aliphatic carbocycles. The van der Waals surface area contributed by atoms with Crippen LogP contribution >= 0.6 is 11.8 Å². The van der Waals surface area contributed by atoms with E-state index in [2.05, 4.69) is 24.1 Å². The van der Waals surface area contributed by atoms with Crippen molar-refractivity contribution in [3.63, 3.8) is 0 Å². The maximum absolute atomic E-state index is 5.95. The minimum Gasteiger partial charge on any atom is -0.399 e. The number of likely N-dealkylation sites (N-methyl/N-ethyl adjacent to an activating group) is 1. The molecule has 0 bridgehead atoms. The third-order valence-electron chi connectivity index (χ3n) is 3.33. The van der Waals surface area contributed by atoms with E-state index in [4.69, 9.17) is 5.73 Å². The van der Waals surface area contributed by atoms with Gasteiger partial charge >= 0.3 is 0 Å². The van der Waals surface area contributed by atoms with Crippen molar-refractivity contribution in [3.8, 4) is 0 Å². The van der Waals surface area contributed by atoms with Crippen LogP contribution in [0.15, 0.2) is 12.1 Å². The summed E-state index contributed by atoms with van der Waals surface area (Å²) in [7, 11) is 2.20. The predicted octanol–water partition coefficient (Wildman–Crippen LogP) is 2.04. The lowest BCUT2D eigenvalue weighted by Crippen LogP contribution is -2.33. The number of thioether (sulfide) groups is 1. The zero-order chi connectivity index (χ0) is 10.4. The van der Waals surface area contributed by atoms with Gasteiger partial charge < -0.3 is 10.6 Å². The van der Waals surface area contributed by atoms with E-state index in [1.165, 1.54) is 23.4 Å². The molecule has 2 aliphatic heterocycles. The molecule has 2 heterocycles. The highest BCUT2D eigenvalue weighted by Gasteiger charge is 2.28. The first-order chi connectivity index (χ1) is 7.24. The summed E-state index contributed by atoms with van der Waals surface area (Å²) in [6.45, 7) is 2.27. The Morgan fingerprint density at radius 1 is 1.40 bits per heavy atom. The Bertz CT molecular complexity index is 403. The second kappa shape index (κ2) is 3.42. The second-order valence-electron chi connectivity index (χ2n) is 4.66. The summed E-state index contributed by atoms with van der Waals surface area (Å²) in [5.41, 5.74) is 11.4. The number of anilines is 1. The maximum atomic E-state index is 5.95. The van der Waals surface area contributed by atoms with Crippen molar-refractivity contribution < 1.29 is 0 Å². The lowest BCUT2D eigenvalue weighted by Gasteiger charge is -2.36. The van der Waals surface area contributed by atoms with Gasteiger partial charge in [-0.05, 0) is 35.9 Å². The van der Waals surface area contributed by atoms with Crippen molar-refractivity contribution in [1.82, 2.24) is 4.90 Å². The van der Waals surface area contributed by atoms with E-state index >= 15 is 0 Å². The fourth-order valence-electron chi connectivity index (χ4n) is 2.85. The van der Waals surface area contributed by atoms with Crippen LogP contribution in [0.4, 0.5) is 5.69 Å². The molecule has 1 aromatic rings. The third-order valence-corrected chi connectivity index (χ3v) is 4.48. The Morgan fingerprint density at radius 3 is 3.07 bits per heavy atom. The van der Waals surface area contributed by atoms with Crippen molar-refractivity contribution in [1.29, 1.82) is 0 Å². The van der Waals surface area contributed by atoms with E-state index in [1.54, 1.807) is 5.56 Å². The summed E-state index contributed by atoms with van der Waals surface area (Å²) in [5, 5.41) is 0. The van der Waals surface area contributed by atoms with Gasteiger partial charge in [-0.25, -0.2) is 0 Å². The quantitative estimate of drug-likeness (QED) is 0.678. The fourth-order valence-corrected chi connectivity index (χ4v) is 3.98. The average molecular weight is 220 g/mol. The molecule has 0 spiro atoms. The second-order valence-corrected chi connectivity index (χ2v) is 5.69. The van der Waals surface area contributed by atoms with Gasteiger partial charge in [-0.15, -0.1) is 0 Å². The molecule has 0 saturated heterocycles. The van der Waals surface area contributed by atoms with Crippen molar-refractivity contribution >= 4 is 17.4 Å². The summed E-state index contributed by atoms with van der Waals surface area (Å²) in [5.74, 6) is 3.15. The molecule has 3 rings (SSSR count). The number of nitrogen functional groups attached to an aromatic ring is 1. The normalized spacial score (nSPS) is 25.0.